The fourth-order valence-corrected chi connectivity index (χ4v) is 6.95. The number of hydrogen-bond acceptors (Lipinski definition) is 8. The fraction of sp³-hybridized carbons (Fsp3) is 0.324. The lowest BCUT2D eigenvalue weighted by Crippen LogP contribution is -2.56. The number of rotatable bonds is 8. The highest BCUT2D eigenvalue weighted by Gasteiger charge is 2.31. The van der Waals surface area contributed by atoms with Crippen LogP contribution in [0.2, 0.25) is 0 Å². The second kappa shape index (κ2) is 13.7. The summed E-state index contributed by atoms with van der Waals surface area (Å²) in [5, 5.41) is 3.78. The van der Waals surface area contributed by atoms with E-state index in [0.29, 0.717) is 37.1 Å². The molecule has 4 aromatic rings. The van der Waals surface area contributed by atoms with Crippen molar-refractivity contribution in [2.24, 2.45) is 0 Å². The van der Waals surface area contributed by atoms with Crippen LogP contribution in [0.4, 0.5) is 10.5 Å². The molecule has 1 saturated heterocycles. The first kappa shape index (κ1) is 33.2. The second-order valence-electron chi connectivity index (χ2n) is 12.2. The lowest BCUT2D eigenvalue weighted by Gasteiger charge is -2.38. The minimum atomic E-state index is -4.22. The van der Waals surface area contributed by atoms with E-state index in [0.717, 1.165) is 21.1 Å². The van der Waals surface area contributed by atoms with Crippen molar-refractivity contribution in [1.82, 2.24) is 15.2 Å². The topological polar surface area (TPSA) is 118 Å². The first-order chi connectivity index (χ1) is 21.8. The van der Waals surface area contributed by atoms with Gasteiger partial charge < -0.3 is 24.0 Å². The van der Waals surface area contributed by atoms with Gasteiger partial charge in [-0.3, -0.25) is 4.79 Å². The van der Waals surface area contributed by atoms with E-state index in [2.05, 4.69) is 50.2 Å². The molecular formula is C34H37BrN4O6S. The SMILES string of the molecule is Cc1cc(Br)ccc1N1CCN(C(=O)[C@H](Cc2ccc(OS(=O)(=O)c3nccc4ccccc34)cc2)NC(=O)OC(C)(C)C)CC1. The number of amides is 2. The minimum Gasteiger partial charge on any atom is -0.444 e. The molecule has 0 aliphatic carbocycles. The Morgan fingerprint density at radius 2 is 1.67 bits per heavy atom. The molecule has 1 aliphatic rings. The molecule has 3 aromatic carbocycles. The molecule has 0 bridgehead atoms. The van der Waals surface area contributed by atoms with E-state index in [9.17, 15) is 18.0 Å². The Labute approximate surface area is 278 Å². The molecule has 1 aliphatic heterocycles. The zero-order valence-electron chi connectivity index (χ0n) is 26.2. The van der Waals surface area contributed by atoms with Crippen molar-refractivity contribution in [1.29, 1.82) is 0 Å². The van der Waals surface area contributed by atoms with Crippen LogP contribution in [0.5, 0.6) is 5.75 Å². The lowest BCUT2D eigenvalue weighted by molar-refractivity contribution is -0.133. The Morgan fingerprint density at radius 3 is 2.35 bits per heavy atom. The summed E-state index contributed by atoms with van der Waals surface area (Å²) in [4.78, 5) is 34.7. The summed E-state index contributed by atoms with van der Waals surface area (Å²) in [6.45, 7) is 9.62. The molecule has 1 atom stereocenters. The van der Waals surface area contributed by atoms with Gasteiger partial charge in [-0.15, -0.1) is 0 Å². The van der Waals surface area contributed by atoms with Crippen LogP contribution in [0.1, 0.15) is 31.9 Å². The normalized spacial score (nSPS) is 14.5. The monoisotopic (exact) mass is 708 g/mol. The molecular weight excluding hydrogens is 672 g/mol. The molecule has 2 heterocycles. The van der Waals surface area contributed by atoms with Gasteiger partial charge in [-0.25, -0.2) is 9.78 Å². The summed E-state index contributed by atoms with van der Waals surface area (Å²) < 4.78 is 38.1. The molecule has 0 unspecified atom stereocenters. The van der Waals surface area contributed by atoms with Gasteiger partial charge in [0.1, 0.15) is 17.4 Å². The number of aryl methyl sites for hydroxylation is 1. The predicted molar refractivity (Wildman–Crippen MR) is 181 cm³/mol. The van der Waals surface area contributed by atoms with Gasteiger partial charge in [-0.05, 0) is 80.6 Å². The smallest absolute Gasteiger partial charge is 0.408 e. The number of carbonyl (C=O) groups excluding carboxylic acids is 2. The van der Waals surface area contributed by atoms with Crippen molar-refractivity contribution in [3.63, 3.8) is 0 Å². The highest BCUT2D eigenvalue weighted by atomic mass is 79.9. The number of benzene rings is 3. The number of pyridine rings is 1. The van der Waals surface area contributed by atoms with Gasteiger partial charge in [0.25, 0.3) is 0 Å². The maximum absolute atomic E-state index is 13.8. The minimum absolute atomic E-state index is 0.0980. The lowest BCUT2D eigenvalue weighted by atomic mass is 10.0. The first-order valence-corrected chi connectivity index (χ1v) is 17.2. The number of aromatic nitrogens is 1. The standard InChI is InChI=1S/C34H37BrN4O6S/c1-23-21-26(35)11-14-30(23)38-17-19-39(20-18-38)32(40)29(37-33(41)44-34(2,3)4)22-24-9-12-27(13-10-24)45-46(42,43)31-28-8-6-5-7-25(28)15-16-36-31/h5-16,21,29H,17-20,22H2,1-4H3,(H,37,41)/t29-/m0/s1. The van der Waals surface area contributed by atoms with Crippen LogP contribution >= 0.6 is 15.9 Å². The van der Waals surface area contributed by atoms with E-state index < -0.39 is 27.9 Å². The molecule has 10 nitrogen and oxygen atoms in total. The molecule has 1 fully saturated rings. The van der Waals surface area contributed by atoms with Crippen LogP contribution < -0.4 is 14.4 Å². The van der Waals surface area contributed by atoms with E-state index >= 15 is 0 Å². The molecule has 1 aromatic heterocycles. The van der Waals surface area contributed by atoms with Crippen molar-refractivity contribution < 1.29 is 26.9 Å². The van der Waals surface area contributed by atoms with E-state index in [1.165, 1.54) is 18.3 Å². The number of hydrogen-bond donors (Lipinski definition) is 1. The van der Waals surface area contributed by atoms with Crippen molar-refractivity contribution >= 4 is 54.5 Å². The quantitative estimate of drug-likeness (QED) is 0.226. The Bertz CT molecular complexity index is 1830. The maximum atomic E-state index is 13.8. The van der Waals surface area contributed by atoms with Crippen molar-refractivity contribution in [2.75, 3.05) is 31.1 Å². The highest BCUT2D eigenvalue weighted by molar-refractivity contribution is 9.10. The Balaban J connectivity index is 1.29. The summed E-state index contributed by atoms with van der Waals surface area (Å²) in [6, 6.07) is 20.4. The molecule has 1 N–H and O–H groups in total. The van der Waals surface area contributed by atoms with Gasteiger partial charge in [0.2, 0.25) is 10.9 Å². The number of piperazine rings is 1. The summed E-state index contributed by atoms with van der Waals surface area (Å²) in [5.74, 6) is -0.121. The number of nitrogens with zero attached hydrogens (tertiary/aromatic N) is 3. The molecule has 46 heavy (non-hydrogen) atoms. The second-order valence-corrected chi connectivity index (χ2v) is 14.5. The van der Waals surface area contributed by atoms with Crippen LogP contribution in [-0.4, -0.2) is 68.1 Å². The molecule has 5 rings (SSSR count). The number of halogens is 1. The third-order valence-electron chi connectivity index (χ3n) is 7.52. The van der Waals surface area contributed by atoms with E-state index in [1.54, 1.807) is 62.1 Å². The molecule has 12 heteroatoms. The number of carbonyl (C=O) groups is 2. The molecule has 0 spiro atoms. The Kier molecular flexibility index (Phi) is 9.88. The highest BCUT2D eigenvalue weighted by Crippen LogP contribution is 2.26. The molecule has 242 valence electrons. The van der Waals surface area contributed by atoms with Gasteiger partial charge in [0, 0.05) is 54.3 Å². The van der Waals surface area contributed by atoms with Gasteiger partial charge in [0.15, 0.2) is 0 Å². The number of nitrogens with one attached hydrogen (secondary N) is 1. The molecule has 0 radical (unpaired) electrons. The van der Waals surface area contributed by atoms with Crippen LogP contribution in [0.3, 0.4) is 0 Å². The van der Waals surface area contributed by atoms with Crippen LogP contribution in [-0.2, 0) is 26.1 Å². The summed E-state index contributed by atoms with van der Waals surface area (Å²) in [6.07, 6.45) is 0.906. The van der Waals surface area contributed by atoms with E-state index in [4.69, 9.17) is 8.92 Å². The molecule has 2 amide bonds. The third kappa shape index (κ3) is 8.16. The van der Waals surface area contributed by atoms with E-state index in [-0.39, 0.29) is 23.1 Å². The van der Waals surface area contributed by atoms with E-state index in [1.807, 2.05) is 12.1 Å². The average Bonchev–Trinajstić information content (AvgIpc) is 3.00. The Hall–Kier alpha value is -4.16. The van der Waals surface area contributed by atoms with Crippen molar-refractivity contribution in [3.8, 4) is 5.75 Å². The zero-order valence-corrected chi connectivity index (χ0v) is 28.6. The van der Waals surface area contributed by atoms with Crippen molar-refractivity contribution in [3.05, 3.63) is 94.6 Å². The number of ether oxygens (including phenoxy) is 1. The summed E-state index contributed by atoms with van der Waals surface area (Å²) >= 11 is 3.51. The van der Waals surface area contributed by atoms with Crippen LogP contribution in [0, 0.1) is 6.92 Å². The zero-order chi connectivity index (χ0) is 33.1. The Morgan fingerprint density at radius 1 is 0.978 bits per heavy atom. The number of fused-ring (bicyclic) bond motifs is 1. The van der Waals surface area contributed by atoms with Gasteiger partial charge in [-0.2, -0.15) is 8.42 Å². The van der Waals surface area contributed by atoms with Crippen LogP contribution in [0.25, 0.3) is 10.8 Å². The predicted octanol–water partition coefficient (Wildman–Crippen LogP) is 5.86. The summed E-state index contributed by atoms with van der Waals surface area (Å²) in [7, 11) is -4.22. The first-order valence-electron chi connectivity index (χ1n) is 15.0. The van der Waals surface area contributed by atoms with Crippen molar-refractivity contribution in [2.45, 2.75) is 50.8 Å². The summed E-state index contributed by atoms with van der Waals surface area (Å²) in [5.41, 5.74) is 2.23. The van der Waals surface area contributed by atoms with Gasteiger partial charge in [0.05, 0.1) is 0 Å². The third-order valence-corrected chi connectivity index (χ3v) is 9.23. The molecule has 0 saturated carbocycles. The largest absolute Gasteiger partial charge is 0.444 e. The fourth-order valence-electron chi connectivity index (χ4n) is 5.39. The average molecular weight is 710 g/mol. The van der Waals surface area contributed by atoms with Crippen LogP contribution in [0.15, 0.2) is 88.5 Å². The maximum Gasteiger partial charge on any atom is 0.408 e. The van der Waals surface area contributed by atoms with Gasteiger partial charge >= 0.3 is 16.2 Å². The van der Waals surface area contributed by atoms with Gasteiger partial charge in [-0.1, -0.05) is 52.3 Å². The number of anilines is 1. The number of alkyl carbamates (subject to hydrolysis) is 1.